The smallest absolute Gasteiger partial charge is 0.338 e. The van der Waals surface area contributed by atoms with Crippen molar-refractivity contribution in [3.8, 4) is 0 Å². The van der Waals surface area contributed by atoms with Gasteiger partial charge in [-0.25, -0.2) is 9.59 Å². The van der Waals surface area contributed by atoms with E-state index in [0.717, 1.165) is 0 Å². The predicted octanol–water partition coefficient (Wildman–Crippen LogP) is -0.721. The van der Waals surface area contributed by atoms with E-state index in [9.17, 15) is 18.0 Å². The normalized spacial score (nSPS) is 25.9. The van der Waals surface area contributed by atoms with Crippen LogP contribution in [0.3, 0.4) is 0 Å². The summed E-state index contributed by atoms with van der Waals surface area (Å²) in [4.78, 5) is 23.6. The number of quaternary nitrogens is 1. The first kappa shape index (κ1) is 31.6. The van der Waals surface area contributed by atoms with Crippen molar-refractivity contribution in [3.63, 3.8) is 0 Å². The summed E-state index contributed by atoms with van der Waals surface area (Å²) in [5.74, 6) is -2.06. The molecule has 0 saturated carbocycles. The van der Waals surface area contributed by atoms with Gasteiger partial charge >= 0.3 is 11.9 Å². The zero-order valence-electron chi connectivity index (χ0n) is 21.3. The van der Waals surface area contributed by atoms with E-state index in [0.29, 0.717) is 17.6 Å². The molecule has 0 amide bonds. The first-order valence-corrected chi connectivity index (χ1v) is 13.0. The highest BCUT2D eigenvalue weighted by molar-refractivity contribution is 7.85. The van der Waals surface area contributed by atoms with Crippen LogP contribution in [0.25, 0.3) is 0 Å². The molecule has 0 aromatic rings. The topological polar surface area (TPSA) is 181 Å². The van der Waals surface area contributed by atoms with Crippen molar-refractivity contribution in [2.75, 3.05) is 59.9 Å². The summed E-state index contributed by atoms with van der Waals surface area (Å²) >= 11 is 0. The van der Waals surface area contributed by atoms with Gasteiger partial charge in [-0.2, -0.15) is 8.42 Å². The number of aliphatic carboxylic acids is 1. The third-order valence-corrected chi connectivity index (χ3v) is 6.60. The summed E-state index contributed by atoms with van der Waals surface area (Å²) in [6.45, 7) is 5.25. The van der Waals surface area contributed by atoms with Gasteiger partial charge < -0.3 is 39.0 Å². The van der Waals surface area contributed by atoms with E-state index in [2.05, 4.69) is 0 Å². The summed E-state index contributed by atoms with van der Waals surface area (Å²) in [7, 11) is 1.14. The number of ether oxygens (including phenoxy) is 5. The number of carbonyl (C=O) groups excluding carboxylic acids is 1. The Hall–Kier alpha value is -1.39. The third kappa shape index (κ3) is 11.0. The molecular formula is C21H41N2O11S+. The molecule has 2 unspecified atom stereocenters. The molecular weight excluding hydrogens is 488 g/mol. The van der Waals surface area contributed by atoms with Crippen molar-refractivity contribution < 1.29 is 55.8 Å². The SMILES string of the molecule is CO[C@@H]1C(COCC(=O)O)O[C@@H](C)C(N)[C@H]1OC(C)(C)C(=O)OCC[N+](C)(C)CCCS(=O)(=O)O. The van der Waals surface area contributed by atoms with E-state index in [1.807, 2.05) is 14.1 Å². The number of carboxylic acids is 1. The molecule has 1 rings (SSSR count). The zero-order chi connectivity index (χ0) is 27.0. The number of carboxylic acid groups (broad SMARTS) is 1. The van der Waals surface area contributed by atoms with Crippen molar-refractivity contribution in [2.24, 2.45) is 5.73 Å². The van der Waals surface area contributed by atoms with Gasteiger partial charge in [0.1, 0.15) is 38.1 Å². The Morgan fingerprint density at radius 3 is 2.34 bits per heavy atom. The molecule has 1 heterocycles. The van der Waals surface area contributed by atoms with Gasteiger partial charge in [-0.05, 0) is 20.8 Å². The Morgan fingerprint density at radius 1 is 1.17 bits per heavy atom. The maximum absolute atomic E-state index is 12.8. The van der Waals surface area contributed by atoms with Gasteiger partial charge in [0.15, 0.2) is 5.60 Å². The summed E-state index contributed by atoms with van der Waals surface area (Å²) in [6, 6.07) is -0.638. The fourth-order valence-electron chi connectivity index (χ4n) is 3.70. The second-order valence-electron chi connectivity index (χ2n) is 9.82. The number of hydrogen-bond donors (Lipinski definition) is 3. The quantitative estimate of drug-likeness (QED) is 0.138. The Balaban J connectivity index is 2.72. The Morgan fingerprint density at radius 2 is 1.80 bits per heavy atom. The van der Waals surface area contributed by atoms with Crippen LogP contribution in [-0.2, 0) is 43.4 Å². The number of rotatable bonds is 15. The summed E-state index contributed by atoms with van der Waals surface area (Å²) in [5, 5.41) is 8.79. The molecule has 0 aromatic carbocycles. The molecule has 13 nitrogen and oxygen atoms in total. The highest BCUT2D eigenvalue weighted by atomic mass is 32.2. The molecule has 14 heteroatoms. The van der Waals surface area contributed by atoms with Gasteiger partial charge in [0.2, 0.25) is 0 Å². The van der Waals surface area contributed by atoms with Crippen LogP contribution in [0.4, 0.5) is 0 Å². The molecule has 35 heavy (non-hydrogen) atoms. The zero-order valence-corrected chi connectivity index (χ0v) is 22.2. The van der Waals surface area contributed by atoms with Crippen LogP contribution in [0.15, 0.2) is 0 Å². The largest absolute Gasteiger partial charge is 0.480 e. The lowest BCUT2D eigenvalue weighted by molar-refractivity contribution is -0.890. The van der Waals surface area contributed by atoms with Crippen molar-refractivity contribution >= 4 is 22.1 Å². The maximum atomic E-state index is 12.8. The minimum absolute atomic E-state index is 0.0583. The number of hydrogen-bond acceptors (Lipinski definition) is 10. The van der Waals surface area contributed by atoms with Crippen molar-refractivity contribution in [3.05, 3.63) is 0 Å². The van der Waals surface area contributed by atoms with E-state index in [-0.39, 0.29) is 25.4 Å². The molecule has 1 aliphatic rings. The Labute approximate surface area is 207 Å². The molecule has 4 N–H and O–H groups in total. The molecule has 1 fully saturated rings. The van der Waals surface area contributed by atoms with Crippen LogP contribution in [0.1, 0.15) is 27.2 Å². The highest BCUT2D eigenvalue weighted by Gasteiger charge is 2.47. The summed E-state index contributed by atoms with van der Waals surface area (Å²) in [6.07, 6.45) is -2.36. The van der Waals surface area contributed by atoms with Crippen molar-refractivity contribution in [1.29, 1.82) is 0 Å². The third-order valence-electron chi connectivity index (χ3n) is 5.80. The number of likely N-dealkylation sites (N-methyl/N-ethyl adjacent to an activating group) is 1. The van der Waals surface area contributed by atoms with Gasteiger partial charge in [-0.3, -0.25) is 4.55 Å². The van der Waals surface area contributed by atoms with Gasteiger partial charge in [-0.1, -0.05) is 0 Å². The van der Waals surface area contributed by atoms with Crippen LogP contribution in [0, 0.1) is 0 Å². The summed E-state index contributed by atoms with van der Waals surface area (Å²) < 4.78 is 59.1. The fourth-order valence-corrected chi connectivity index (χ4v) is 4.20. The van der Waals surface area contributed by atoms with Crippen LogP contribution in [0.2, 0.25) is 0 Å². The first-order chi connectivity index (χ1) is 16.0. The van der Waals surface area contributed by atoms with Crippen LogP contribution in [0.5, 0.6) is 0 Å². The molecule has 0 bridgehead atoms. The van der Waals surface area contributed by atoms with Gasteiger partial charge in [0.25, 0.3) is 10.1 Å². The lowest BCUT2D eigenvalue weighted by atomic mass is 9.93. The van der Waals surface area contributed by atoms with Crippen molar-refractivity contribution in [1.82, 2.24) is 0 Å². The number of carbonyl (C=O) groups is 2. The molecule has 1 aliphatic heterocycles. The molecule has 1 saturated heterocycles. The maximum Gasteiger partial charge on any atom is 0.338 e. The van der Waals surface area contributed by atoms with Gasteiger partial charge in [0, 0.05) is 13.5 Å². The van der Waals surface area contributed by atoms with E-state index in [1.165, 1.54) is 7.11 Å². The average Bonchev–Trinajstić information content (AvgIpc) is 2.70. The predicted molar refractivity (Wildman–Crippen MR) is 124 cm³/mol. The van der Waals surface area contributed by atoms with Gasteiger partial charge in [-0.15, -0.1) is 0 Å². The van der Waals surface area contributed by atoms with E-state index in [1.54, 1.807) is 20.8 Å². The minimum Gasteiger partial charge on any atom is -0.480 e. The standard InChI is InChI=1S/C21H40N2O11S/c1-14-17(22)19(18(30-6)15(33-14)12-31-13-16(24)25)34-21(2,3)20(26)32-10-9-23(4,5)8-7-11-35(27,28)29/h14-15,17-19H,7-13,22H2,1-6H3,(H-,24,25,27,28,29)/p+1/t14-,15?,17?,18+,19+/m0/s1. The Bertz CT molecular complexity index is 803. The van der Waals surface area contributed by atoms with Crippen LogP contribution in [-0.4, -0.2) is 130 Å². The van der Waals surface area contributed by atoms with Crippen LogP contribution < -0.4 is 5.73 Å². The fraction of sp³-hybridized carbons (Fsp3) is 0.905. The lowest BCUT2D eigenvalue weighted by Crippen LogP contribution is -2.64. The first-order valence-electron chi connectivity index (χ1n) is 11.3. The average molecular weight is 530 g/mol. The number of esters is 1. The lowest BCUT2D eigenvalue weighted by Gasteiger charge is -2.45. The second kappa shape index (κ2) is 13.2. The molecule has 206 valence electrons. The number of methoxy groups -OCH3 is 1. The highest BCUT2D eigenvalue weighted by Crippen LogP contribution is 2.28. The molecule has 0 spiro atoms. The monoisotopic (exact) mass is 529 g/mol. The molecule has 0 radical (unpaired) electrons. The minimum atomic E-state index is -4.02. The number of nitrogens with two attached hydrogens (primary N) is 1. The molecule has 0 aliphatic carbocycles. The van der Waals surface area contributed by atoms with E-state index in [4.69, 9.17) is 39.1 Å². The summed E-state index contributed by atoms with van der Waals surface area (Å²) in [5.41, 5.74) is 4.90. The molecule has 0 aromatic heterocycles. The second-order valence-corrected chi connectivity index (χ2v) is 11.4. The van der Waals surface area contributed by atoms with Crippen LogP contribution >= 0.6 is 0 Å². The van der Waals surface area contributed by atoms with E-state index >= 15 is 0 Å². The van der Waals surface area contributed by atoms with E-state index < -0.39 is 64.7 Å². The number of nitrogens with zero attached hydrogens (tertiary/aromatic N) is 1. The molecule has 5 atom stereocenters. The van der Waals surface area contributed by atoms with Gasteiger partial charge in [0.05, 0.1) is 45.1 Å². The Kier molecular flexibility index (Phi) is 12.0. The van der Waals surface area contributed by atoms with Crippen molar-refractivity contribution in [2.45, 2.75) is 63.3 Å².